The maximum atomic E-state index is 4.73. The Morgan fingerprint density at radius 3 is 2.52 bits per heavy atom. The van der Waals surface area contributed by atoms with Gasteiger partial charge in [0.25, 0.3) is 0 Å². The first-order chi connectivity index (χ1) is 10.1. The fourth-order valence-electron chi connectivity index (χ4n) is 2.80. The molecule has 1 heterocycles. The molecular weight excluding hydrogens is 258 g/mol. The maximum absolute atomic E-state index is 4.73. The van der Waals surface area contributed by atoms with Crippen LogP contribution in [0.3, 0.4) is 0 Å². The van der Waals surface area contributed by atoms with Crippen molar-refractivity contribution in [3.63, 3.8) is 0 Å². The van der Waals surface area contributed by atoms with E-state index >= 15 is 0 Å². The lowest BCUT2D eigenvalue weighted by atomic mass is 10.1. The number of hydrogen-bond acceptors (Lipinski definition) is 2. The van der Waals surface area contributed by atoms with Crippen molar-refractivity contribution in [2.24, 2.45) is 0 Å². The molecule has 1 aliphatic carbocycles. The number of nitrogens with zero attached hydrogens (tertiary/aromatic N) is 2. The second kappa shape index (κ2) is 6.02. The zero-order chi connectivity index (χ0) is 14.8. The zero-order valence-corrected chi connectivity index (χ0v) is 13.3. The molecule has 0 bridgehead atoms. The van der Waals surface area contributed by atoms with E-state index < -0.39 is 0 Å². The van der Waals surface area contributed by atoms with E-state index in [0.717, 1.165) is 25.6 Å². The molecular formula is C18H25N3. The molecule has 0 aliphatic heterocycles. The summed E-state index contributed by atoms with van der Waals surface area (Å²) in [4.78, 5) is 0. The number of aryl methyl sites for hydroxylation is 2. The van der Waals surface area contributed by atoms with Gasteiger partial charge >= 0.3 is 0 Å². The number of benzene rings is 1. The van der Waals surface area contributed by atoms with Gasteiger partial charge in [0.1, 0.15) is 0 Å². The third-order valence-electron chi connectivity index (χ3n) is 4.37. The summed E-state index contributed by atoms with van der Waals surface area (Å²) in [5.41, 5.74) is 6.52. The van der Waals surface area contributed by atoms with Gasteiger partial charge in [-0.25, -0.2) is 0 Å². The summed E-state index contributed by atoms with van der Waals surface area (Å²) in [6.07, 6.45) is 3.79. The highest BCUT2D eigenvalue weighted by Crippen LogP contribution is 2.19. The fourth-order valence-corrected chi connectivity index (χ4v) is 2.80. The van der Waals surface area contributed by atoms with Gasteiger partial charge in [0.05, 0.1) is 12.2 Å². The molecule has 3 heteroatoms. The van der Waals surface area contributed by atoms with E-state index in [1.165, 1.54) is 40.9 Å². The Labute approximate surface area is 127 Å². The zero-order valence-electron chi connectivity index (χ0n) is 13.3. The lowest BCUT2D eigenvalue weighted by Crippen LogP contribution is -2.19. The molecule has 112 valence electrons. The predicted molar refractivity (Wildman–Crippen MR) is 86.7 cm³/mol. The van der Waals surface area contributed by atoms with Gasteiger partial charge in [-0.1, -0.05) is 29.8 Å². The standard InChI is InChI=1S/C18H25N3/c1-13-4-6-16(7-5-13)12-21-15(3)18(14(2)20-21)10-11-19-17-8-9-17/h4-7,17,19H,8-12H2,1-3H3. The molecule has 0 atom stereocenters. The Balaban J connectivity index is 1.68. The van der Waals surface area contributed by atoms with Crippen molar-refractivity contribution in [1.29, 1.82) is 0 Å². The minimum Gasteiger partial charge on any atom is -0.314 e. The van der Waals surface area contributed by atoms with Crippen LogP contribution in [0.4, 0.5) is 0 Å². The smallest absolute Gasteiger partial charge is 0.0662 e. The van der Waals surface area contributed by atoms with E-state index in [-0.39, 0.29) is 0 Å². The highest BCUT2D eigenvalue weighted by atomic mass is 15.3. The van der Waals surface area contributed by atoms with Crippen LogP contribution in [0.15, 0.2) is 24.3 Å². The van der Waals surface area contributed by atoms with E-state index in [9.17, 15) is 0 Å². The molecule has 1 N–H and O–H groups in total. The lowest BCUT2D eigenvalue weighted by Gasteiger charge is -2.07. The molecule has 3 nitrogen and oxygen atoms in total. The molecule has 1 aromatic carbocycles. The quantitative estimate of drug-likeness (QED) is 0.882. The Hall–Kier alpha value is -1.61. The van der Waals surface area contributed by atoms with Gasteiger partial charge in [0, 0.05) is 11.7 Å². The molecule has 0 amide bonds. The van der Waals surface area contributed by atoms with Crippen molar-refractivity contribution in [2.75, 3.05) is 6.54 Å². The Morgan fingerprint density at radius 1 is 1.14 bits per heavy atom. The Kier molecular flexibility index (Phi) is 4.11. The topological polar surface area (TPSA) is 29.9 Å². The van der Waals surface area contributed by atoms with Gasteiger partial charge in [-0.3, -0.25) is 4.68 Å². The summed E-state index contributed by atoms with van der Waals surface area (Å²) in [5, 5.41) is 8.32. The number of nitrogens with one attached hydrogen (secondary N) is 1. The molecule has 0 spiro atoms. The Bertz CT molecular complexity index is 606. The minimum atomic E-state index is 0.785. The van der Waals surface area contributed by atoms with Crippen LogP contribution in [0, 0.1) is 20.8 Å². The van der Waals surface area contributed by atoms with Crippen LogP contribution in [0.2, 0.25) is 0 Å². The molecule has 21 heavy (non-hydrogen) atoms. The van der Waals surface area contributed by atoms with Gasteiger partial charge < -0.3 is 5.32 Å². The SMILES string of the molecule is Cc1ccc(Cn2nc(C)c(CCNC3CC3)c2C)cc1. The Morgan fingerprint density at radius 2 is 1.86 bits per heavy atom. The van der Waals surface area contributed by atoms with E-state index in [2.05, 4.69) is 55.0 Å². The molecule has 3 rings (SSSR count). The summed E-state index contributed by atoms with van der Waals surface area (Å²) < 4.78 is 2.15. The van der Waals surface area contributed by atoms with Gasteiger partial charge in [-0.15, -0.1) is 0 Å². The number of aromatic nitrogens is 2. The summed E-state index contributed by atoms with van der Waals surface area (Å²) in [6, 6.07) is 9.51. The van der Waals surface area contributed by atoms with E-state index in [4.69, 9.17) is 5.10 Å². The summed E-state index contributed by atoms with van der Waals surface area (Å²) in [5.74, 6) is 0. The van der Waals surface area contributed by atoms with Gasteiger partial charge in [-0.05, 0) is 57.7 Å². The van der Waals surface area contributed by atoms with Crippen LogP contribution in [-0.2, 0) is 13.0 Å². The summed E-state index contributed by atoms with van der Waals surface area (Å²) in [6.45, 7) is 8.38. The molecule has 0 unspecified atom stereocenters. The number of hydrogen-bond donors (Lipinski definition) is 1. The molecule has 2 aromatic rings. The van der Waals surface area contributed by atoms with Crippen molar-refractivity contribution < 1.29 is 0 Å². The normalized spacial score (nSPS) is 14.6. The molecule has 1 fully saturated rings. The predicted octanol–water partition coefficient (Wildman–Crippen LogP) is 3.15. The van der Waals surface area contributed by atoms with Gasteiger partial charge in [-0.2, -0.15) is 5.10 Å². The monoisotopic (exact) mass is 283 g/mol. The maximum Gasteiger partial charge on any atom is 0.0662 e. The highest BCUT2D eigenvalue weighted by molar-refractivity contribution is 5.27. The van der Waals surface area contributed by atoms with Crippen LogP contribution >= 0.6 is 0 Å². The molecule has 0 radical (unpaired) electrons. The first-order valence-corrected chi connectivity index (χ1v) is 7.95. The van der Waals surface area contributed by atoms with Gasteiger partial charge in [0.15, 0.2) is 0 Å². The average molecular weight is 283 g/mol. The van der Waals surface area contributed by atoms with Crippen LogP contribution in [-0.4, -0.2) is 22.4 Å². The van der Waals surface area contributed by atoms with Crippen LogP contribution in [0.25, 0.3) is 0 Å². The molecule has 1 aliphatic rings. The van der Waals surface area contributed by atoms with Crippen molar-refractivity contribution in [1.82, 2.24) is 15.1 Å². The highest BCUT2D eigenvalue weighted by Gasteiger charge is 2.20. The summed E-state index contributed by atoms with van der Waals surface area (Å²) >= 11 is 0. The van der Waals surface area contributed by atoms with Gasteiger partial charge in [0.2, 0.25) is 0 Å². The van der Waals surface area contributed by atoms with Crippen LogP contribution < -0.4 is 5.32 Å². The lowest BCUT2D eigenvalue weighted by molar-refractivity contribution is 0.654. The third-order valence-corrected chi connectivity index (χ3v) is 4.37. The van der Waals surface area contributed by atoms with E-state index in [1.807, 2.05) is 0 Å². The average Bonchev–Trinajstić information content (AvgIpc) is 3.24. The largest absolute Gasteiger partial charge is 0.314 e. The molecule has 1 aromatic heterocycles. The van der Waals surface area contributed by atoms with E-state index in [0.29, 0.717) is 0 Å². The van der Waals surface area contributed by atoms with Crippen LogP contribution in [0.5, 0.6) is 0 Å². The van der Waals surface area contributed by atoms with Crippen LogP contribution in [0.1, 0.15) is 40.9 Å². The minimum absolute atomic E-state index is 0.785. The fraction of sp³-hybridized carbons (Fsp3) is 0.500. The number of rotatable bonds is 6. The van der Waals surface area contributed by atoms with Crippen molar-refractivity contribution in [3.05, 3.63) is 52.3 Å². The first kappa shape index (κ1) is 14.3. The first-order valence-electron chi connectivity index (χ1n) is 7.95. The summed E-state index contributed by atoms with van der Waals surface area (Å²) in [7, 11) is 0. The molecule has 0 saturated heterocycles. The van der Waals surface area contributed by atoms with Crippen molar-refractivity contribution in [2.45, 2.75) is 52.6 Å². The second-order valence-electron chi connectivity index (χ2n) is 6.27. The molecule has 1 saturated carbocycles. The van der Waals surface area contributed by atoms with E-state index in [1.54, 1.807) is 0 Å². The second-order valence-corrected chi connectivity index (χ2v) is 6.27. The van der Waals surface area contributed by atoms with Crippen molar-refractivity contribution in [3.8, 4) is 0 Å². The van der Waals surface area contributed by atoms with Crippen molar-refractivity contribution >= 4 is 0 Å². The third kappa shape index (κ3) is 3.53.